The second-order valence-electron chi connectivity index (χ2n) is 7.67. The van der Waals surface area contributed by atoms with Gasteiger partial charge in [0.05, 0.1) is 12.1 Å². The standard InChI is InChI=1S/C25H27N3O2S/c1-3-27(4-2)24(29)15-19-10-11-21-20(14-19)12-13-28-22(21)16-23(26-25(28)30)31-17-18-8-6-5-7-9-18/h5-11,14,16H,3-4,12-13,15,17H2,1-2H3. The van der Waals surface area contributed by atoms with Crippen molar-refractivity contribution in [2.24, 2.45) is 0 Å². The first-order chi connectivity index (χ1) is 15.1. The normalized spacial score (nSPS) is 12.2. The Morgan fingerprint density at radius 3 is 2.58 bits per heavy atom. The number of rotatable bonds is 7. The molecule has 1 aliphatic rings. The van der Waals surface area contributed by atoms with Gasteiger partial charge in [0.25, 0.3) is 0 Å². The number of benzene rings is 2. The Kier molecular flexibility index (Phi) is 6.56. The van der Waals surface area contributed by atoms with Crippen LogP contribution in [0.5, 0.6) is 0 Å². The Bertz CT molecular complexity index is 1140. The largest absolute Gasteiger partial charge is 0.349 e. The Hall–Kier alpha value is -2.86. The quantitative estimate of drug-likeness (QED) is 0.415. The van der Waals surface area contributed by atoms with Crippen LogP contribution < -0.4 is 5.69 Å². The van der Waals surface area contributed by atoms with Crippen LogP contribution in [-0.2, 0) is 29.9 Å². The van der Waals surface area contributed by atoms with Crippen molar-refractivity contribution in [3.8, 4) is 11.3 Å². The summed E-state index contributed by atoms with van der Waals surface area (Å²) in [5.41, 5.74) is 5.20. The number of likely N-dealkylation sites (N-methyl/N-ethyl adjacent to an activating group) is 1. The van der Waals surface area contributed by atoms with Crippen molar-refractivity contribution in [3.05, 3.63) is 81.8 Å². The van der Waals surface area contributed by atoms with Crippen molar-refractivity contribution in [2.75, 3.05) is 13.1 Å². The molecule has 1 aromatic heterocycles. The lowest BCUT2D eigenvalue weighted by Gasteiger charge is -2.23. The molecule has 0 saturated carbocycles. The van der Waals surface area contributed by atoms with Gasteiger partial charge in [-0.25, -0.2) is 4.79 Å². The molecule has 0 radical (unpaired) electrons. The third-order valence-corrected chi connectivity index (χ3v) is 6.72. The molecule has 5 nitrogen and oxygen atoms in total. The first-order valence-electron chi connectivity index (χ1n) is 10.8. The number of carbonyl (C=O) groups is 1. The average Bonchev–Trinajstić information content (AvgIpc) is 2.79. The zero-order chi connectivity index (χ0) is 21.8. The molecule has 0 N–H and O–H groups in total. The van der Waals surface area contributed by atoms with Crippen molar-refractivity contribution in [2.45, 2.75) is 44.0 Å². The number of amides is 1. The highest BCUT2D eigenvalue weighted by Gasteiger charge is 2.20. The van der Waals surface area contributed by atoms with Crippen LogP contribution in [0, 0.1) is 0 Å². The summed E-state index contributed by atoms with van der Waals surface area (Å²) in [5, 5.41) is 0.744. The van der Waals surface area contributed by atoms with E-state index in [9.17, 15) is 9.59 Å². The number of carbonyl (C=O) groups excluding carboxylic acids is 1. The summed E-state index contributed by atoms with van der Waals surface area (Å²) in [4.78, 5) is 31.3. The Labute approximate surface area is 187 Å². The fourth-order valence-corrected chi connectivity index (χ4v) is 4.88. The molecule has 0 unspecified atom stereocenters. The first-order valence-corrected chi connectivity index (χ1v) is 11.8. The smallest absolute Gasteiger partial charge is 0.343 e. The molecule has 2 aromatic carbocycles. The van der Waals surface area contributed by atoms with Gasteiger partial charge in [-0.3, -0.25) is 9.36 Å². The number of thioether (sulfide) groups is 1. The summed E-state index contributed by atoms with van der Waals surface area (Å²) in [6.45, 7) is 6.08. The topological polar surface area (TPSA) is 55.2 Å². The number of aryl methyl sites for hydroxylation is 1. The molecule has 31 heavy (non-hydrogen) atoms. The van der Waals surface area contributed by atoms with Crippen LogP contribution in [0.4, 0.5) is 0 Å². The molecule has 0 saturated heterocycles. The maximum atomic E-state index is 12.6. The molecule has 0 bridgehead atoms. The van der Waals surface area contributed by atoms with Crippen molar-refractivity contribution in [1.29, 1.82) is 0 Å². The van der Waals surface area contributed by atoms with Gasteiger partial charge in [0, 0.05) is 31.0 Å². The zero-order valence-corrected chi connectivity index (χ0v) is 18.8. The zero-order valence-electron chi connectivity index (χ0n) is 18.0. The minimum Gasteiger partial charge on any atom is -0.343 e. The summed E-state index contributed by atoms with van der Waals surface area (Å²) >= 11 is 1.58. The molecule has 2 heterocycles. The molecule has 3 aromatic rings. The van der Waals surface area contributed by atoms with Crippen molar-refractivity contribution in [1.82, 2.24) is 14.5 Å². The predicted octanol–water partition coefficient (Wildman–Crippen LogP) is 4.17. The third kappa shape index (κ3) is 4.74. The Morgan fingerprint density at radius 1 is 1.06 bits per heavy atom. The van der Waals surface area contributed by atoms with Crippen LogP contribution in [0.25, 0.3) is 11.3 Å². The van der Waals surface area contributed by atoms with Gasteiger partial charge in [0.2, 0.25) is 5.91 Å². The Balaban J connectivity index is 1.58. The van der Waals surface area contributed by atoms with Gasteiger partial charge in [-0.2, -0.15) is 4.98 Å². The number of nitrogens with zero attached hydrogens (tertiary/aromatic N) is 3. The summed E-state index contributed by atoms with van der Waals surface area (Å²) < 4.78 is 1.76. The second kappa shape index (κ2) is 9.52. The highest BCUT2D eigenvalue weighted by atomic mass is 32.2. The minimum atomic E-state index is -0.195. The number of aromatic nitrogens is 2. The van der Waals surface area contributed by atoms with E-state index in [1.165, 1.54) is 11.1 Å². The lowest BCUT2D eigenvalue weighted by atomic mass is 9.94. The molecular weight excluding hydrogens is 406 g/mol. The van der Waals surface area contributed by atoms with E-state index < -0.39 is 0 Å². The summed E-state index contributed by atoms with van der Waals surface area (Å²) in [6, 6.07) is 18.4. The number of hydrogen-bond acceptors (Lipinski definition) is 4. The summed E-state index contributed by atoms with van der Waals surface area (Å²) in [7, 11) is 0. The molecule has 1 aliphatic heterocycles. The molecule has 160 valence electrons. The molecular formula is C25H27N3O2S. The van der Waals surface area contributed by atoms with E-state index in [4.69, 9.17) is 0 Å². The third-order valence-electron chi connectivity index (χ3n) is 5.74. The van der Waals surface area contributed by atoms with Crippen LogP contribution >= 0.6 is 11.8 Å². The van der Waals surface area contributed by atoms with Crippen LogP contribution in [0.3, 0.4) is 0 Å². The molecule has 0 fully saturated rings. The molecule has 0 atom stereocenters. The van der Waals surface area contributed by atoms with E-state index in [2.05, 4.69) is 29.2 Å². The van der Waals surface area contributed by atoms with Crippen molar-refractivity contribution in [3.63, 3.8) is 0 Å². The lowest BCUT2D eigenvalue weighted by molar-refractivity contribution is -0.130. The highest BCUT2D eigenvalue weighted by molar-refractivity contribution is 7.98. The summed E-state index contributed by atoms with van der Waals surface area (Å²) in [5.74, 6) is 0.928. The molecule has 1 amide bonds. The first kappa shape index (κ1) is 21.4. The maximum Gasteiger partial charge on any atom is 0.349 e. The van der Waals surface area contributed by atoms with E-state index >= 15 is 0 Å². The fourth-order valence-electron chi connectivity index (χ4n) is 4.04. The predicted molar refractivity (Wildman–Crippen MR) is 125 cm³/mol. The van der Waals surface area contributed by atoms with E-state index in [-0.39, 0.29) is 11.6 Å². The van der Waals surface area contributed by atoms with Crippen LogP contribution in [0.2, 0.25) is 0 Å². The molecule has 0 aliphatic carbocycles. The van der Waals surface area contributed by atoms with Crippen LogP contribution in [0.1, 0.15) is 30.5 Å². The van der Waals surface area contributed by atoms with Gasteiger partial charge in [-0.05, 0) is 43.0 Å². The van der Waals surface area contributed by atoms with Crippen molar-refractivity contribution < 1.29 is 4.79 Å². The molecule has 6 heteroatoms. The number of fused-ring (bicyclic) bond motifs is 3. The number of hydrogen-bond donors (Lipinski definition) is 0. The van der Waals surface area contributed by atoms with E-state index in [0.29, 0.717) is 13.0 Å². The van der Waals surface area contributed by atoms with Crippen LogP contribution in [0.15, 0.2) is 64.4 Å². The van der Waals surface area contributed by atoms with Gasteiger partial charge in [0.15, 0.2) is 0 Å². The molecule has 4 rings (SSSR count). The van der Waals surface area contributed by atoms with Gasteiger partial charge in [0.1, 0.15) is 5.03 Å². The van der Waals surface area contributed by atoms with Gasteiger partial charge in [-0.15, -0.1) is 11.8 Å². The fraction of sp³-hybridized carbons (Fsp3) is 0.320. The minimum absolute atomic E-state index is 0.154. The summed E-state index contributed by atoms with van der Waals surface area (Å²) in [6.07, 6.45) is 1.18. The second-order valence-corrected chi connectivity index (χ2v) is 8.67. The Morgan fingerprint density at radius 2 is 1.84 bits per heavy atom. The van der Waals surface area contributed by atoms with Gasteiger partial charge < -0.3 is 4.90 Å². The maximum absolute atomic E-state index is 12.6. The molecule has 0 spiro atoms. The van der Waals surface area contributed by atoms with E-state index in [1.807, 2.05) is 49.1 Å². The average molecular weight is 434 g/mol. The van der Waals surface area contributed by atoms with Crippen LogP contribution in [-0.4, -0.2) is 33.4 Å². The van der Waals surface area contributed by atoms with E-state index in [0.717, 1.165) is 47.1 Å². The van der Waals surface area contributed by atoms with Gasteiger partial charge in [-0.1, -0.05) is 48.5 Å². The van der Waals surface area contributed by atoms with Crippen molar-refractivity contribution >= 4 is 17.7 Å². The monoisotopic (exact) mass is 433 g/mol. The van der Waals surface area contributed by atoms with Gasteiger partial charge >= 0.3 is 5.69 Å². The lowest BCUT2D eigenvalue weighted by Crippen LogP contribution is -2.32. The SMILES string of the molecule is CCN(CC)C(=O)Cc1ccc2c(c1)CCn1c-2cc(SCc2ccccc2)nc1=O. The van der Waals surface area contributed by atoms with E-state index in [1.54, 1.807) is 16.3 Å². The highest BCUT2D eigenvalue weighted by Crippen LogP contribution is 2.31.